The maximum absolute atomic E-state index is 12.3. The number of hydrogen-bond acceptors (Lipinski definition) is 2. The van der Waals surface area contributed by atoms with Crippen LogP contribution in [0.25, 0.3) is 0 Å². The van der Waals surface area contributed by atoms with Gasteiger partial charge < -0.3 is 0 Å². The summed E-state index contributed by atoms with van der Waals surface area (Å²) in [6.45, 7) is 0. The number of nitrogens with zero attached hydrogens (tertiary/aromatic N) is 2. The van der Waals surface area contributed by atoms with E-state index in [-0.39, 0.29) is 0 Å². The minimum Gasteiger partial charge on any atom is -0.254 e. The average Bonchev–Trinajstić information content (AvgIpc) is 2.16. The summed E-state index contributed by atoms with van der Waals surface area (Å²) < 4.78 is 61.3. The molecule has 0 amide bonds. The van der Waals surface area contributed by atoms with Crippen LogP contribution in [0.3, 0.4) is 0 Å². The van der Waals surface area contributed by atoms with Crippen molar-refractivity contribution in [2.24, 2.45) is 0 Å². The van der Waals surface area contributed by atoms with Gasteiger partial charge in [-0.3, -0.25) is 4.98 Å². The number of halogens is 5. The van der Waals surface area contributed by atoms with Gasteiger partial charge >= 0.3 is 6.18 Å². The number of pyridine rings is 1. The molecule has 0 aliphatic rings. The summed E-state index contributed by atoms with van der Waals surface area (Å²) in [5, 5.41) is 8.32. The molecule has 1 aromatic rings. The Labute approximate surface area is 87.3 Å². The first kappa shape index (κ1) is 12.4. The lowest BCUT2D eigenvalue weighted by Crippen LogP contribution is -2.09. The minimum atomic E-state index is -4.65. The zero-order chi connectivity index (χ0) is 12.3. The molecule has 0 aromatic carbocycles. The van der Waals surface area contributed by atoms with Crippen LogP contribution in [0.2, 0.25) is 0 Å². The van der Waals surface area contributed by atoms with Crippen molar-refractivity contribution >= 4 is 0 Å². The van der Waals surface area contributed by atoms with Crippen molar-refractivity contribution in [1.82, 2.24) is 4.98 Å². The first-order chi connectivity index (χ1) is 7.36. The third kappa shape index (κ3) is 2.66. The molecule has 2 nitrogen and oxygen atoms in total. The van der Waals surface area contributed by atoms with Gasteiger partial charge in [0.25, 0.3) is 6.43 Å². The Kier molecular flexibility index (Phi) is 3.42. The van der Waals surface area contributed by atoms with E-state index in [1.54, 1.807) is 0 Å². The van der Waals surface area contributed by atoms with Gasteiger partial charge in [0.05, 0.1) is 18.1 Å². The number of rotatable bonds is 2. The van der Waals surface area contributed by atoms with Gasteiger partial charge in [0.15, 0.2) is 0 Å². The normalized spacial score (nSPS) is 11.6. The molecule has 0 spiro atoms. The largest absolute Gasteiger partial charge is 0.417 e. The second-order valence-corrected chi connectivity index (χ2v) is 2.90. The average molecular weight is 236 g/mol. The lowest BCUT2D eigenvalue weighted by Gasteiger charge is -2.10. The summed E-state index contributed by atoms with van der Waals surface area (Å²) in [6.07, 6.45) is -7.85. The van der Waals surface area contributed by atoms with Crippen molar-refractivity contribution < 1.29 is 22.0 Å². The lowest BCUT2D eigenvalue weighted by atomic mass is 10.1. The standard InChI is InChI=1S/C9H5F5N2/c10-8(11)7-5(1-2-15)3-6(4-16-7)9(12,13)14/h3-4,8H,1H2. The lowest BCUT2D eigenvalue weighted by molar-refractivity contribution is -0.137. The Bertz CT molecular complexity index is 419. The van der Waals surface area contributed by atoms with Crippen LogP contribution in [-0.2, 0) is 12.6 Å². The molecule has 0 saturated carbocycles. The Morgan fingerprint density at radius 3 is 2.44 bits per heavy atom. The van der Waals surface area contributed by atoms with E-state index in [0.29, 0.717) is 12.3 Å². The number of nitriles is 1. The molecule has 0 unspecified atom stereocenters. The fourth-order valence-corrected chi connectivity index (χ4v) is 1.10. The predicted octanol–water partition coefficient (Wildman–Crippen LogP) is 3.10. The fourth-order valence-electron chi connectivity index (χ4n) is 1.10. The van der Waals surface area contributed by atoms with Gasteiger partial charge in [-0.05, 0) is 11.6 Å². The predicted molar refractivity (Wildman–Crippen MR) is 43.5 cm³/mol. The van der Waals surface area contributed by atoms with Gasteiger partial charge in [0, 0.05) is 6.20 Å². The van der Waals surface area contributed by atoms with E-state index in [9.17, 15) is 22.0 Å². The molecule has 0 bridgehead atoms. The summed E-state index contributed by atoms with van der Waals surface area (Å²) in [4.78, 5) is 3.04. The Morgan fingerprint density at radius 2 is 2.00 bits per heavy atom. The molecule has 86 valence electrons. The van der Waals surface area contributed by atoms with Gasteiger partial charge in [-0.25, -0.2) is 8.78 Å². The highest BCUT2D eigenvalue weighted by Gasteiger charge is 2.32. The summed E-state index contributed by atoms with van der Waals surface area (Å²) >= 11 is 0. The number of hydrogen-bond donors (Lipinski definition) is 0. The molecule has 0 fully saturated rings. The molecule has 0 radical (unpaired) electrons. The fraction of sp³-hybridized carbons (Fsp3) is 0.333. The van der Waals surface area contributed by atoms with Crippen LogP contribution in [0.1, 0.15) is 23.2 Å². The van der Waals surface area contributed by atoms with E-state index in [1.807, 2.05) is 0 Å². The maximum atomic E-state index is 12.3. The third-order valence-corrected chi connectivity index (χ3v) is 1.80. The zero-order valence-corrected chi connectivity index (χ0v) is 7.72. The summed E-state index contributed by atoms with van der Waals surface area (Å²) in [5.41, 5.74) is -2.32. The monoisotopic (exact) mass is 236 g/mol. The molecule has 1 aromatic heterocycles. The van der Waals surface area contributed by atoms with Crippen molar-refractivity contribution in [3.05, 3.63) is 29.1 Å². The maximum Gasteiger partial charge on any atom is 0.417 e. The van der Waals surface area contributed by atoms with E-state index in [2.05, 4.69) is 4.98 Å². The molecule has 16 heavy (non-hydrogen) atoms. The number of aromatic nitrogens is 1. The smallest absolute Gasteiger partial charge is 0.254 e. The van der Waals surface area contributed by atoms with Crippen LogP contribution in [-0.4, -0.2) is 4.98 Å². The quantitative estimate of drug-likeness (QED) is 0.740. The van der Waals surface area contributed by atoms with Gasteiger partial charge in [-0.2, -0.15) is 18.4 Å². The molecule has 0 saturated heterocycles. The van der Waals surface area contributed by atoms with E-state index >= 15 is 0 Å². The van der Waals surface area contributed by atoms with Crippen molar-refractivity contribution in [3.8, 4) is 6.07 Å². The summed E-state index contributed by atoms with van der Waals surface area (Å²) in [6, 6.07) is 2.04. The SMILES string of the molecule is N#CCc1cc(C(F)(F)F)cnc1C(F)F. The van der Waals surface area contributed by atoms with Gasteiger partial charge in [0.2, 0.25) is 0 Å². The van der Waals surface area contributed by atoms with Gasteiger partial charge in [-0.1, -0.05) is 0 Å². The molecule has 0 aliphatic heterocycles. The summed E-state index contributed by atoms with van der Waals surface area (Å²) in [5.74, 6) is 0. The van der Waals surface area contributed by atoms with Crippen LogP contribution in [0.5, 0.6) is 0 Å². The van der Waals surface area contributed by atoms with Crippen LogP contribution in [0.15, 0.2) is 12.3 Å². The number of alkyl halides is 5. The Hall–Kier alpha value is -1.71. The molecule has 0 N–H and O–H groups in total. The minimum absolute atomic E-state index is 0.336. The molecule has 0 atom stereocenters. The molecular formula is C9H5F5N2. The Balaban J connectivity index is 3.24. The van der Waals surface area contributed by atoms with E-state index in [4.69, 9.17) is 5.26 Å². The van der Waals surface area contributed by atoms with E-state index in [1.165, 1.54) is 6.07 Å². The highest BCUT2D eigenvalue weighted by Crippen LogP contribution is 2.31. The second kappa shape index (κ2) is 4.43. The first-order valence-electron chi connectivity index (χ1n) is 4.07. The van der Waals surface area contributed by atoms with Crippen molar-refractivity contribution in [2.45, 2.75) is 19.0 Å². The Morgan fingerprint density at radius 1 is 1.38 bits per heavy atom. The van der Waals surface area contributed by atoms with Crippen molar-refractivity contribution in [2.75, 3.05) is 0 Å². The molecule has 1 rings (SSSR count). The van der Waals surface area contributed by atoms with Crippen LogP contribution < -0.4 is 0 Å². The zero-order valence-electron chi connectivity index (χ0n) is 7.72. The van der Waals surface area contributed by atoms with Crippen molar-refractivity contribution in [1.29, 1.82) is 5.26 Å². The highest BCUT2D eigenvalue weighted by molar-refractivity contribution is 5.29. The van der Waals surface area contributed by atoms with Crippen LogP contribution >= 0.6 is 0 Å². The molecule has 0 aliphatic carbocycles. The molecular weight excluding hydrogens is 231 g/mol. The van der Waals surface area contributed by atoms with Crippen molar-refractivity contribution in [3.63, 3.8) is 0 Å². The first-order valence-corrected chi connectivity index (χ1v) is 4.07. The highest BCUT2D eigenvalue weighted by atomic mass is 19.4. The third-order valence-electron chi connectivity index (χ3n) is 1.80. The van der Waals surface area contributed by atoms with Crippen LogP contribution in [0.4, 0.5) is 22.0 Å². The topological polar surface area (TPSA) is 36.7 Å². The second-order valence-electron chi connectivity index (χ2n) is 2.90. The van der Waals surface area contributed by atoms with Gasteiger partial charge in [-0.15, -0.1) is 0 Å². The van der Waals surface area contributed by atoms with Gasteiger partial charge in [0.1, 0.15) is 5.69 Å². The molecule has 1 heterocycles. The van der Waals surface area contributed by atoms with Crippen LogP contribution in [0, 0.1) is 11.3 Å². The summed E-state index contributed by atoms with van der Waals surface area (Å²) in [7, 11) is 0. The van der Waals surface area contributed by atoms with E-state index < -0.39 is 35.8 Å². The van der Waals surface area contributed by atoms with E-state index in [0.717, 1.165) is 0 Å². The molecule has 7 heteroatoms.